The number of nitrogens with two attached hydrogens (primary N) is 1. The summed E-state index contributed by atoms with van der Waals surface area (Å²) >= 11 is 0. The van der Waals surface area contributed by atoms with Crippen LogP contribution in [0.15, 0.2) is 18.2 Å². The number of phenolic OH excluding ortho intramolecular Hbond substituents is 1. The van der Waals surface area contributed by atoms with Crippen molar-refractivity contribution in [2.24, 2.45) is 11.7 Å². The van der Waals surface area contributed by atoms with Gasteiger partial charge in [0, 0.05) is 6.42 Å². The lowest BCUT2D eigenvalue weighted by Crippen LogP contribution is -2.55. The Kier molecular flexibility index (Phi) is 6.09. The second-order valence-electron chi connectivity index (χ2n) is 7.97. The molecule has 0 aliphatic carbocycles. The first-order valence-corrected chi connectivity index (χ1v) is 9.62. The third-order valence-electron chi connectivity index (χ3n) is 5.19. The Labute approximate surface area is 168 Å². The van der Waals surface area contributed by atoms with E-state index in [-0.39, 0.29) is 23.7 Å². The van der Waals surface area contributed by atoms with Crippen molar-refractivity contribution in [3.05, 3.63) is 29.3 Å². The maximum Gasteiger partial charge on any atom is 0.342 e. The number of ether oxygens (including phenoxy) is 2. The van der Waals surface area contributed by atoms with Gasteiger partial charge < -0.3 is 30.7 Å². The Balaban J connectivity index is 1.75. The van der Waals surface area contributed by atoms with Crippen molar-refractivity contribution in [1.29, 1.82) is 0 Å². The molecule has 5 N–H and O–H groups in total. The molecule has 1 aromatic carbocycles. The number of benzene rings is 1. The predicted molar refractivity (Wildman–Crippen MR) is 101 cm³/mol. The fourth-order valence-electron chi connectivity index (χ4n) is 3.79. The molecule has 0 saturated carbocycles. The lowest BCUT2D eigenvalue weighted by Gasteiger charge is -2.33. The van der Waals surface area contributed by atoms with Gasteiger partial charge in [-0.25, -0.2) is 4.79 Å². The Morgan fingerprint density at radius 2 is 2.00 bits per heavy atom. The lowest BCUT2D eigenvalue weighted by molar-refractivity contribution is -0.150. The number of phenols is 1. The molecule has 0 spiro atoms. The van der Waals surface area contributed by atoms with E-state index in [9.17, 15) is 24.6 Å². The first kappa shape index (κ1) is 21.1. The number of nitrogens with one attached hydrogen (secondary N) is 1. The van der Waals surface area contributed by atoms with Gasteiger partial charge in [0.05, 0.1) is 18.5 Å². The van der Waals surface area contributed by atoms with Gasteiger partial charge in [0.2, 0.25) is 0 Å². The van der Waals surface area contributed by atoms with Crippen molar-refractivity contribution in [2.45, 2.75) is 63.5 Å². The minimum absolute atomic E-state index is 0.0645. The van der Waals surface area contributed by atoms with E-state index in [4.69, 9.17) is 15.2 Å². The fraction of sp³-hybridized carbons (Fsp3) is 0.550. The first-order chi connectivity index (χ1) is 13.7. The molecule has 1 unspecified atom stereocenters. The van der Waals surface area contributed by atoms with Crippen LogP contribution in [0, 0.1) is 5.92 Å². The molecule has 2 heterocycles. The Bertz CT molecular complexity index is 810. The molecule has 158 valence electrons. The van der Waals surface area contributed by atoms with Crippen LogP contribution in [0.1, 0.15) is 42.6 Å². The molecule has 5 atom stereocenters. The lowest BCUT2D eigenvalue weighted by atomic mass is 9.90. The number of hydrogen-bond acceptors (Lipinski definition) is 8. The highest BCUT2D eigenvalue weighted by Crippen LogP contribution is 2.30. The van der Waals surface area contributed by atoms with Crippen LogP contribution in [0.25, 0.3) is 0 Å². The van der Waals surface area contributed by atoms with Crippen molar-refractivity contribution in [2.75, 3.05) is 0 Å². The number of aliphatic hydroxyl groups excluding tert-OH is 1. The van der Waals surface area contributed by atoms with Gasteiger partial charge in [-0.05, 0) is 24.0 Å². The third kappa shape index (κ3) is 4.51. The Morgan fingerprint density at radius 3 is 2.62 bits per heavy atom. The van der Waals surface area contributed by atoms with E-state index in [2.05, 4.69) is 5.32 Å². The van der Waals surface area contributed by atoms with Gasteiger partial charge in [-0.1, -0.05) is 26.0 Å². The average Bonchev–Trinajstić information content (AvgIpc) is 2.97. The minimum atomic E-state index is -1.62. The summed E-state index contributed by atoms with van der Waals surface area (Å²) in [5.74, 6) is -1.96. The number of rotatable bonds is 6. The van der Waals surface area contributed by atoms with Crippen molar-refractivity contribution < 1.29 is 34.1 Å². The highest BCUT2D eigenvalue weighted by Gasteiger charge is 2.42. The second kappa shape index (κ2) is 8.38. The van der Waals surface area contributed by atoms with E-state index in [1.807, 2.05) is 13.8 Å². The summed E-state index contributed by atoms with van der Waals surface area (Å²) in [6.07, 6.45) is -2.68. The molecule has 0 aromatic heterocycles. The smallest absolute Gasteiger partial charge is 0.342 e. The zero-order valence-electron chi connectivity index (χ0n) is 16.3. The molecular weight excluding hydrogens is 380 g/mol. The summed E-state index contributed by atoms with van der Waals surface area (Å²) in [5, 5.41) is 23.0. The second-order valence-corrected chi connectivity index (χ2v) is 7.97. The molecule has 1 amide bonds. The van der Waals surface area contributed by atoms with Gasteiger partial charge in [0.1, 0.15) is 17.4 Å². The number of esters is 2. The van der Waals surface area contributed by atoms with E-state index in [0.717, 1.165) is 0 Å². The van der Waals surface area contributed by atoms with Gasteiger partial charge in [-0.2, -0.15) is 0 Å². The van der Waals surface area contributed by atoms with Crippen LogP contribution in [0.2, 0.25) is 0 Å². The molecule has 1 fully saturated rings. The number of fused-ring (bicyclic) bond motifs is 1. The predicted octanol–water partition coefficient (Wildman–Crippen LogP) is 0.00830. The minimum Gasteiger partial charge on any atom is -0.507 e. The highest BCUT2D eigenvalue weighted by molar-refractivity contribution is 5.95. The van der Waals surface area contributed by atoms with Crippen LogP contribution < -0.4 is 11.1 Å². The van der Waals surface area contributed by atoms with Crippen molar-refractivity contribution in [3.63, 3.8) is 0 Å². The number of hydrogen-bond donors (Lipinski definition) is 4. The van der Waals surface area contributed by atoms with Gasteiger partial charge in [-0.3, -0.25) is 9.59 Å². The molecule has 2 aliphatic rings. The molecule has 0 bridgehead atoms. The van der Waals surface area contributed by atoms with Gasteiger partial charge in [0.25, 0.3) is 5.91 Å². The quantitative estimate of drug-likeness (QED) is 0.483. The molecule has 29 heavy (non-hydrogen) atoms. The number of aliphatic hydroxyl groups is 1. The maximum atomic E-state index is 12.6. The van der Waals surface area contributed by atoms with Crippen LogP contribution in [0.3, 0.4) is 0 Å². The Hall–Kier alpha value is -2.65. The average molecular weight is 406 g/mol. The normalized spacial score (nSPS) is 25.8. The van der Waals surface area contributed by atoms with Crippen LogP contribution in [0.5, 0.6) is 5.75 Å². The van der Waals surface area contributed by atoms with Gasteiger partial charge >= 0.3 is 11.9 Å². The summed E-state index contributed by atoms with van der Waals surface area (Å²) in [7, 11) is 0. The van der Waals surface area contributed by atoms with E-state index in [0.29, 0.717) is 18.4 Å². The highest BCUT2D eigenvalue weighted by atomic mass is 16.6. The molecule has 1 saturated heterocycles. The van der Waals surface area contributed by atoms with Crippen molar-refractivity contribution in [1.82, 2.24) is 5.32 Å². The zero-order valence-corrected chi connectivity index (χ0v) is 16.3. The summed E-state index contributed by atoms with van der Waals surface area (Å²) in [5.41, 5.74) is 6.52. The summed E-state index contributed by atoms with van der Waals surface area (Å²) in [6, 6.07) is 3.43. The van der Waals surface area contributed by atoms with Crippen LogP contribution in [-0.2, 0) is 25.5 Å². The number of aromatic hydroxyl groups is 1. The van der Waals surface area contributed by atoms with Crippen LogP contribution in [-0.4, -0.2) is 58.5 Å². The molecule has 1 aromatic rings. The van der Waals surface area contributed by atoms with E-state index in [1.54, 1.807) is 12.1 Å². The monoisotopic (exact) mass is 406 g/mol. The summed E-state index contributed by atoms with van der Waals surface area (Å²) in [6.45, 7) is 3.91. The van der Waals surface area contributed by atoms with E-state index in [1.165, 1.54) is 6.07 Å². The fourth-order valence-corrected chi connectivity index (χ4v) is 3.79. The van der Waals surface area contributed by atoms with E-state index < -0.39 is 48.2 Å². The number of amides is 1. The third-order valence-corrected chi connectivity index (χ3v) is 5.19. The van der Waals surface area contributed by atoms with Crippen molar-refractivity contribution in [3.8, 4) is 5.75 Å². The largest absolute Gasteiger partial charge is 0.507 e. The van der Waals surface area contributed by atoms with E-state index >= 15 is 0 Å². The van der Waals surface area contributed by atoms with Gasteiger partial charge in [-0.15, -0.1) is 0 Å². The summed E-state index contributed by atoms with van der Waals surface area (Å²) < 4.78 is 10.4. The van der Waals surface area contributed by atoms with Crippen molar-refractivity contribution >= 4 is 17.8 Å². The first-order valence-electron chi connectivity index (χ1n) is 9.62. The molecular formula is C20H26N2O7. The van der Waals surface area contributed by atoms with Gasteiger partial charge in [0.15, 0.2) is 12.2 Å². The summed E-state index contributed by atoms with van der Waals surface area (Å²) in [4.78, 5) is 36.4. The van der Waals surface area contributed by atoms with Crippen LogP contribution in [0.4, 0.5) is 0 Å². The zero-order chi connectivity index (χ0) is 21.3. The number of carbonyl (C=O) groups excluding carboxylic acids is 3. The Morgan fingerprint density at radius 1 is 1.28 bits per heavy atom. The SMILES string of the molecule is CC(C)CC(NC(=O)[C@H](O)[C@H]1OC(=O)C[C@@H]1N)[C@@H]1Cc2cccc(O)c2C(=O)O1. The topological polar surface area (TPSA) is 148 Å². The maximum absolute atomic E-state index is 12.6. The molecule has 2 aliphatic heterocycles. The standard InChI is InChI=1S/C20H26N2O7/c1-9(2)6-12(22-19(26)17(25)18-11(21)8-15(24)29-18)14-7-10-4-3-5-13(23)16(10)20(27)28-14/h3-5,9,11-12,14,17-18,23,25H,6-8,21H2,1-2H3,(H,22,26)/t11-,12?,14-,17+,18-/m0/s1. The molecule has 3 rings (SSSR count). The molecule has 9 heteroatoms. The number of carbonyl (C=O) groups is 3. The molecule has 0 radical (unpaired) electrons. The molecule has 9 nitrogen and oxygen atoms in total. The van der Waals surface area contributed by atoms with Crippen LogP contribution >= 0.6 is 0 Å². The number of cyclic esters (lactones) is 2.